The van der Waals surface area contributed by atoms with E-state index >= 15 is 0 Å². The average Bonchev–Trinajstić information content (AvgIpc) is 2.73. The zero-order chi connectivity index (χ0) is 14.7. The molecule has 0 fully saturated rings. The lowest BCUT2D eigenvalue weighted by molar-refractivity contribution is -0.0498. The summed E-state index contributed by atoms with van der Waals surface area (Å²) < 4.78 is 30.1. The van der Waals surface area contributed by atoms with E-state index < -0.39 is 12.7 Å². The molecule has 1 aromatic carbocycles. The van der Waals surface area contributed by atoms with E-state index in [9.17, 15) is 8.78 Å². The SMILES string of the molecule is Cn1ncc(Cl)c1C(NN)c1ccc(OC(F)F)cc1. The van der Waals surface area contributed by atoms with Crippen LogP contribution in [0.25, 0.3) is 0 Å². The fraction of sp³-hybridized carbons (Fsp3) is 0.250. The Balaban J connectivity index is 2.29. The summed E-state index contributed by atoms with van der Waals surface area (Å²) in [4.78, 5) is 0. The Morgan fingerprint density at radius 2 is 2.00 bits per heavy atom. The van der Waals surface area contributed by atoms with Gasteiger partial charge in [0.05, 0.1) is 23.0 Å². The predicted molar refractivity (Wildman–Crippen MR) is 70.5 cm³/mol. The summed E-state index contributed by atoms with van der Waals surface area (Å²) in [6.07, 6.45) is 1.51. The maximum absolute atomic E-state index is 12.1. The van der Waals surface area contributed by atoms with Gasteiger partial charge in [-0.2, -0.15) is 13.9 Å². The molecule has 0 saturated carbocycles. The monoisotopic (exact) mass is 302 g/mol. The van der Waals surface area contributed by atoms with E-state index in [4.69, 9.17) is 17.4 Å². The van der Waals surface area contributed by atoms with Gasteiger partial charge in [-0.25, -0.2) is 5.43 Å². The van der Waals surface area contributed by atoms with Crippen LogP contribution in [0.15, 0.2) is 30.5 Å². The maximum Gasteiger partial charge on any atom is 0.387 e. The third kappa shape index (κ3) is 3.06. The number of alkyl halides is 2. The van der Waals surface area contributed by atoms with Gasteiger partial charge < -0.3 is 4.74 Å². The van der Waals surface area contributed by atoms with Gasteiger partial charge >= 0.3 is 6.61 Å². The van der Waals surface area contributed by atoms with Crippen molar-refractivity contribution in [2.45, 2.75) is 12.7 Å². The summed E-state index contributed by atoms with van der Waals surface area (Å²) in [6.45, 7) is -2.85. The fourth-order valence-corrected chi connectivity index (χ4v) is 2.19. The van der Waals surface area contributed by atoms with Crippen molar-refractivity contribution in [3.05, 3.63) is 46.7 Å². The Kier molecular flexibility index (Phi) is 4.53. The van der Waals surface area contributed by atoms with E-state index in [2.05, 4.69) is 15.3 Å². The Bertz CT molecular complexity index is 554. The first-order valence-corrected chi connectivity index (χ1v) is 6.09. The van der Waals surface area contributed by atoms with Crippen LogP contribution >= 0.6 is 11.6 Å². The van der Waals surface area contributed by atoms with Gasteiger partial charge in [-0.15, -0.1) is 0 Å². The van der Waals surface area contributed by atoms with E-state index in [1.54, 1.807) is 23.9 Å². The minimum atomic E-state index is -2.85. The van der Waals surface area contributed by atoms with Gasteiger partial charge in [0.15, 0.2) is 0 Å². The molecule has 0 amide bonds. The van der Waals surface area contributed by atoms with Crippen LogP contribution in [-0.2, 0) is 7.05 Å². The van der Waals surface area contributed by atoms with Crippen molar-refractivity contribution in [1.29, 1.82) is 0 Å². The fourth-order valence-electron chi connectivity index (χ4n) is 1.92. The smallest absolute Gasteiger partial charge is 0.387 e. The van der Waals surface area contributed by atoms with Crippen LogP contribution in [0.5, 0.6) is 5.75 Å². The number of nitrogens with one attached hydrogen (secondary N) is 1. The molecule has 0 aliphatic rings. The summed E-state index contributed by atoms with van der Waals surface area (Å²) in [5.74, 6) is 5.63. The summed E-state index contributed by atoms with van der Waals surface area (Å²) in [6, 6.07) is 5.74. The highest BCUT2D eigenvalue weighted by Gasteiger charge is 2.20. The van der Waals surface area contributed by atoms with Crippen LogP contribution in [0.4, 0.5) is 8.78 Å². The number of halogens is 3. The van der Waals surface area contributed by atoms with Crippen molar-refractivity contribution >= 4 is 11.6 Å². The molecule has 3 N–H and O–H groups in total. The molecule has 1 heterocycles. The summed E-state index contributed by atoms with van der Waals surface area (Å²) in [5.41, 5.74) is 4.06. The second-order valence-electron chi connectivity index (χ2n) is 4.05. The van der Waals surface area contributed by atoms with Crippen LogP contribution in [-0.4, -0.2) is 16.4 Å². The molecule has 0 saturated heterocycles. The highest BCUT2D eigenvalue weighted by molar-refractivity contribution is 6.31. The molecule has 1 aromatic heterocycles. The largest absolute Gasteiger partial charge is 0.435 e. The standard InChI is InChI=1S/C12H13ClF2N4O/c1-19-11(9(13)6-17-19)10(18-16)7-2-4-8(5-3-7)20-12(14)15/h2-6,10,12,18H,16H2,1H3. The number of hydrazine groups is 1. The molecule has 0 aliphatic carbocycles. The summed E-state index contributed by atoms with van der Waals surface area (Å²) >= 11 is 6.07. The second kappa shape index (κ2) is 6.17. The highest BCUT2D eigenvalue weighted by atomic mass is 35.5. The van der Waals surface area contributed by atoms with Gasteiger partial charge in [-0.1, -0.05) is 23.7 Å². The number of hydrogen-bond donors (Lipinski definition) is 2. The van der Waals surface area contributed by atoms with Gasteiger partial charge in [0.2, 0.25) is 0 Å². The van der Waals surface area contributed by atoms with Crippen molar-refractivity contribution in [1.82, 2.24) is 15.2 Å². The average molecular weight is 303 g/mol. The molecule has 2 aromatic rings. The first-order valence-electron chi connectivity index (χ1n) is 5.71. The number of ether oxygens (including phenoxy) is 1. The van der Waals surface area contributed by atoms with Crippen LogP contribution in [0.1, 0.15) is 17.3 Å². The van der Waals surface area contributed by atoms with Crippen LogP contribution < -0.4 is 16.0 Å². The Morgan fingerprint density at radius 3 is 2.45 bits per heavy atom. The zero-order valence-electron chi connectivity index (χ0n) is 10.6. The van der Waals surface area contributed by atoms with E-state index in [1.807, 2.05) is 0 Å². The number of nitrogens with two attached hydrogens (primary N) is 1. The van der Waals surface area contributed by atoms with E-state index in [-0.39, 0.29) is 5.75 Å². The maximum atomic E-state index is 12.1. The first kappa shape index (κ1) is 14.7. The topological polar surface area (TPSA) is 65.1 Å². The number of benzene rings is 1. The molecular weight excluding hydrogens is 290 g/mol. The Labute approximate surface area is 119 Å². The van der Waals surface area contributed by atoms with Gasteiger partial charge in [-0.05, 0) is 17.7 Å². The first-order chi connectivity index (χ1) is 9.52. The second-order valence-corrected chi connectivity index (χ2v) is 4.46. The van der Waals surface area contributed by atoms with E-state index in [0.29, 0.717) is 10.7 Å². The number of nitrogens with zero attached hydrogens (tertiary/aromatic N) is 2. The molecule has 0 radical (unpaired) electrons. The molecule has 0 aliphatic heterocycles. The van der Waals surface area contributed by atoms with Gasteiger partial charge in [0, 0.05) is 7.05 Å². The zero-order valence-corrected chi connectivity index (χ0v) is 11.3. The summed E-state index contributed by atoms with van der Waals surface area (Å²) in [5, 5.41) is 4.49. The number of rotatable bonds is 5. The third-order valence-corrected chi connectivity index (χ3v) is 3.11. The molecule has 2 rings (SSSR count). The lowest BCUT2D eigenvalue weighted by Gasteiger charge is -2.17. The predicted octanol–water partition coefficient (Wildman–Crippen LogP) is 2.23. The van der Waals surface area contributed by atoms with E-state index in [0.717, 1.165) is 5.56 Å². The van der Waals surface area contributed by atoms with E-state index in [1.165, 1.54) is 18.3 Å². The lowest BCUT2D eigenvalue weighted by Crippen LogP contribution is -2.30. The minimum Gasteiger partial charge on any atom is -0.435 e. The van der Waals surface area contributed by atoms with Crippen LogP contribution in [0, 0.1) is 0 Å². The molecular formula is C12H13ClF2N4O. The summed E-state index contributed by atoms with van der Waals surface area (Å²) in [7, 11) is 1.74. The molecule has 108 valence electrons. The molecule has 8 heteroatoms. The van der Waals surface area contributed by atoms with Crippen molar-refractivity contribution in [2.75, 3.05) is 0 Å². The van der Waals surface area contributed by atoms with Gasteiger partial charge in [-0.3, -0.25) is 10.5 Å². The molecule has 1 unspecified atom stereocenters. The minimum absolute atomic E-state index is 0.0793. The molecule has 0 spiro atoms. The normalized spacial score (nSPS) is 12.7. The Morgan fingerprint density at radius 1 is 1.35 bits per heavy atom. The van der Waals surface area contributed by atoms with Crippen molar-refractivity contribution in [3.63, 3.8) is 0 Å². The number of aromatic nitrogens is 2. The lowest BCUT2D eigenvalue weighted by atomic mass is 10.0. The number of hydrogen-bond acceptors (Lipinski definition) is 4. The van der Waals surface area contributed by atoms with Crippen LogP contribution in [0.2, 0.25) is 5.02 Å². The molecule has 20 heavy (non-hydrogen) atoms. The van der Waals surface area contributed by atoms with Gasteiger partial charge in [0.1, 0.15) is 5.75 Å². The van der Waals surface area contributed by atoms with Crippen molar-refractivity contribution in [3.8, 4) is 5.75 Å². The third-order valence-electron chi connectivity index (χ3n) is 2.82. The number of aryl methyl sites for hydroxylation is 1. The molecule has 5 nitrogen and oxygen atoms in total. The van der Waals surface area contributed by atoms with Crippen molar-refractivity contribution in [2.24, 2.45) is 12.9 Å². The van der Waals surface area contributed by atoms with Crippen molar-refractivity contribution < 1.29 is 13.5 Å². The van der Waals surface area contributed by atoms with Gasteiger partial charge in [0.25, 0.3) is 0 Å². The quantitative estimate of drug-likeness (QED) is 0.656. The highest BCUT2D eigenvalue weighted by Crippen LogP contribution is 2.28. The Hall–Kier alpha value is -1.70. The van der Waals surface area contributed by atoms with Crippen LogP contribution in [0.3, 0.4) is 0 Å². The molecule has 1 atom stereocenters. The molecule has 0 bridgehead atoms.